The Labute approximate surface area is 126 Å². The van der Waals surface area contributed by atoms with Crippen LogP contribution in [0.15, 0.2) is 18.2 Å². The van der Waals surface area contributed by atoms with Gasteiger partial charge in [-0.2, -0.15) is 5.26 Å². The zero-order chi connectivity index (χ0) is 15.2. The first-order chi connectivity index (χ1) is 10.2. The molecule has 0 radical (unpaired) electrons. The monoisotopic (exact) mass is 285 g/mol. The Morgan fingerprint density at radius 3 is 2.76 bits per heavy atom. The highest BCUT2D eigenvalue weighted by Gasteiger charge is 2.23. The molecule has 0 bridgehead atoms. The number of ether oxygens (including phenoxy) is 1. The second kappa shape index (κ2) is 7.26. The summed E-state index contributed by atoms with van der Waals surface area (Å²) in [6.07, 6.45) is 6.50. The smallest absolute Gasteiger partial charge is 0.154 e. The SMILES string of the molecule is COc1cc(C(C#N)C(=O)CCC2CCCC2)ccc1C. The van der Waals surface area contributed by atoms with Crippen LogP contribution in [-0.2, 0) is 4.79 Å². The number of ketones is 1. The largest absolute Gasteiger partial charge is 0.496 e. The molecule has 1 aromatic carbocycles. The number of hydrogen-bond acceptors (Lipinski definition) is 3. The van der Waals surface area contributed by atoms with E-state index in [1.165, 1.54) is 25.7 Å². The molecule has 1 aliphatic rings. The Hall–Kier alpha value is -1.82. The van der Waals surface area contributed by atoms with Crippen molar-refractivity contribution in [3.05, 3.63) is 29.3 Å². The lowest BCUT2D eigenvalue weighted by atomic mass is 9.90. The molecule has 0 heterocycles. The standard InChI is InChI=1S/C18H23NO2/c1-13-7-9-15(11-18(13)21-2)16(12-19)17(20)10-8-14-5-3-4-6-14/h7,9,11,14,16H,3-6,8,10H2,1-2H3. The van der Waals surface area contributed by atoms with Crippen LogP contribution in [0.25, 0.3) is 0 Å². The van der Waals surface area contributed by atoms with Crippen molar-refractivity contribution in [1.29, 1.82) is 5.26 Å². The summed E-state index contributed by atoms with van der Waals surface area (Å²) in [6, 6.07) is 7.74. The lowest BCUT2D eigenvalue weighted by molar-refractivity contribution is -0.119. The van der Waals surface area contributed by atoms with Crippen LogP contribution in [0.5, 0.6) is 5.75 Å². The number of nitriles is 1. The van der Waals surface area contributed by atoms with Gasteiger partial charge in [-0.3, -0.25) is 4.79 Å². The summed E-state index contributed by atoms with van der Waals surface area (Å²) in [6.45, 7) is 1.95. The molecule has 1 saturated carbocycles. The van der Waals surface area contributed by atoms with Crippen LogP contribution in [0, 0.1) is 24.2 Å². The molecular formula is C18H23NO2. The third kappa shape index (κ3) is 3.85. The molecule has 0 aromatic heterocycles. The van der Waals surface area contributed by atoms with Gasteiger partial charge in [-0.1, -0.05) is 37.8 Å². The molecule has 1 aliphatic carbocycles. The zero-order valence-corrected chi connectivity index (χ0v) is 12.9. The highest BCUT2D eigenvalue weighted by atomic mass is 16.5. The first-order valence-corrected chi connectivity index (χ1v) is 7.72. The molecule has 1 aromatic rings. The van der Waals surface area contributed by atoms with Crippen molar-refractivity contribution in [2.75, 3.05) is 7.11 Å². The van der Waals surface area contributed by atoms with Crippen LogP contribution in [-0.4, -0.2) is 12.9 Å². The van der Waals surface area contributed by atoms with E-state index >= 15 is 0 Å². The summed E-state index contributed by atoms with van der Waals surface area (Å²) in [7, 11) is 1.61. The van der Waals surface area contributed by atoms with Gasteiger partial charge < -0.3 is 4.74 Å². The molecule has 112 valence electrons. The van der Waals surface area contributed by atoms with Crippen LogP contribution in [0.3, 0.4) is 0 Å². The van der Waals surface area contributed by atoms with E-state index in [2.05, 4.69) is 6.07 Å². The second-order valence-electron chi connectivity index (χ2n) is 5.95. The normalized spacial score (nSPS) is 16.4. The maximum atomic E-state index is 12.4. The summed E-state index contributed by atoms with van der Waals surface area (Å²) >= 11 is 0. The minimum Gasteiger partial charge on any atom is -0.496 e. The van der Waals surface area contributed by atoms with Gasteiger partial charge in [0.1, 0.15) is 11.7 Å². The third-order valence-corrected chi connectivity index (χ3v) is 4.49. The first kappa shape index (κ1) is 15.6. The van der Waals surface area contributed by atoms with Crippen molar-refractivity contribution < 1.29 is 9.53 Å². The fraction of sp³-hybridized carbons (Fsp3) is 0.556. The zero-order valence-electron chi connectivity index (χ0n) is 12.9. The van der Waals surface area contributed by atoms with Gasteiger partial charge in [-0.25, -0.2) is 0 Å². The molecule has 1 atom stereocenters. The van der Waals surface area contributed by atoms with Crippen molar-refractivity contribution in [1.82, 2.24) is 0 Å². The number of hydrogen-bond donors (Lipinski definition) is 0. The first-order valence-electron chi connectivity index (χ1n) is 7.72. The van der Waals surface area contributed by atoms with Gasteiger partial charge in [-0.15, -0.1) is 0 Å². The van der Waals surface area contributed by atoms with E-state index in [1.54, 1.807) is 7.11 Å². The predicted molar refractivity (Wildman–Crippen MR) is 82.3 cm³/mol. The van der Waals surface area contributed by atoms with E-state index in [4.69, 9.17) is 4.74 Å². The van der Waals surface area contributed by atoms with Crippen molar-refractivity contribution in [2.45, 2.75) is 51.4 Å². The number of methoxy groups -OCH3 is 1. The molecular weight excluding hydrogens is 262 g/mol. The van der Waals surface area contributed by atoms with Gasteiger partial charge in [-0.05, 0) is 36.5 Å². The number of nitrogens with zero attached hydrogens (tertiary/aromatic N) is 1. The van der Waals surface area contributed by atoms with Crippen LogP contribution in [0.2, 0.25) is 0 Å². The molecule has 0 saturated heterocycles. The highest BCUT2D eigenvalue weighted by Crippen LogP contribution is 2.30. The maximum absolute atomic E-state index is 12.4. The number of carbonyl (C=O) groups excluding carboxylic acids is 1. The quantitative estimate of drug-likeness (QED) is 0.789. The van der Waals surface area contributed by atoms with Gasteiger partial charge in [0.05, 0.1) is 13.2 Å². The average molecular weight is 285 g/mol. The molecule has 1 fully saturated rings. The summed E-state index contributed by atoms with van der Waals surface area (Å²) in [5, 5.41) is 9.36. The number of Topliss-reactive ketones (excluding diaryl/α,β-unsaturated/α-hetero) is 1. The fourth-order valence-corrected chi connectivity index (χ4v) is 3.14. The summed E-state index contributed by atoms with van der Waals surface area (Å²) < 4.78 is 5.28. The molecule has 1 unspecified atom stereocenters. The van der Waals surface area contributed by atoms with Gasteiger partial charge in [0, 0.05) is 6.42 Å². The van der Waals surface area contributed by atoms with E-state index in [9.17, 15) is 10.1 Å². The van der Waals surface area contributed by atoms with E-state index in [0.29, 0.717) is 12.3 Å². The Kier molecular flexibility index (Phi) is 5.38. The molecule has 21 heavy (non-hydrogen) atoms. The predicted octanol–water partition coefficient (Wildman–Crippen LogP) is 4.15. The van der Waals surface area contributed by atoms with Crippen molar-refractivity contribution >= 4 is 5.78 Å². The minimum absolute atomic E-state index is 0.0373. The van der Waals surface area contributed by atoms with Gasteiger partial charge in [0.2, 0.25) is 0 Å². The van der Waals surface area contributed by atoms with Crippen LogP contribution < -0.4 is 4.74 Å². The van der Waals surface area contributed by atoms with Gasteiger partial charge in [0.25, 0.3) is 0 Å². The summed E-state index contributed by atoms with van der Waals surface area (Å²) in [4.78, 5) is 12.4. The Bertz CT molecular complexity index is 539. The van der Waals surface area contributed by atoms with E-state index in [1.807, 2.05) is 25.1 Å². The Morgan fingerprint density at radius 2 is 2.14 bits per heavy atom. The number of aryl methyl sites for hydroxylation is 1. The topological polar surface area (TPSA) is 50.1 Å². The van der Waals surface area contributed by atoms with Gasteiger partial charge in [0.15, 0.2) is 5.78 Å². The molecule has 0 N–H and O–H groups in total. The fourth-order valence-electron chi connectivity index (χ4n) is 3.14. The molecule has 2 rings (SSSR count). The molecule has 0 spiro atoms. The van der Waals surface area contributed by atoms with Gasteiger partial charge >= 0.3 is 0 Å². The molecule has 0 amide bonds. The van der Waals surface area contributed by atoms with Crippen molar-refractivity contribution in [2.24, 2.45) is 5.92 Å². The summed E-state index contributed by atoms with van der Waals surface area (Å²) in [5.74, 6) is 0.786. The van der Waals surface area contributed by atoms with E-state index < -0.39 is 5.92 Å². The number of rotatable bonds is 6. The minimum atomic E-state index is -0.666. The highest BCUT2D eigenvalue weighted by molar-refractivity contribution is 5.88. The van der Waals surface area contributed by atoms with E-state index in [0.717, 1.165) is 23.3 Å². The van der Waals surface area contributed by atoms with Crippen LogP contribution >= 0.6 is 0 Å². The van der Waals surface area contributed by atoms with Crippen LogP contribution in [0.1, 0.15) is 55.6 Å². The molecule has 3 nitrogen and oxygen atoms in total. The maximum Gasteiger partial charge on any atom is 0.154 e. The molecule has 0 aliphatic heterocycles. The number of benzene rings is 1. The average Bonchev–Trinajstić information content (AvgIpc) is 3.01. The lowest BCUT2D eigenvalue weighted by Crippen LogP contribution is -2.12. The second-order valence-corrected chi connectivity index (χ2v) is 5.95. The Balaban J connectivity index is 2.04. The van der Waals surface area contributed by atoms with E-state index in [-0.39, 0.29) is 5.78 Å². The molecule has 3 heteroatoms. The van der Waals surface area contributed by atoms with Crippen molar-refractivity contribution in [3.8, 4) is 11.8 Å². The summed E-state index contributed by atoms with van der Waals surface area (Å²) in [5.41, 5.74) is 1.76. The van der Waals surface area contributed by atoms with Crippen molar-refractivity contribution in [3.63, 3.8) is 0 Å². The Morgan fingerprint density at radius 1 is 1.43 bits per heavy atom. The third-order valence-electron chi connectivity index (χ3n) is 4.49. The lowest BCUT2D eigenvalue weighted by Gasteiger charge is -2.13. The number of carbonyl (C=O) groups is 1. The van der Waals surface area contributed by atoms with Crippen LogP contribution in [0.4, 0.5) is 0 Å².